The second-order valence-corrected chi connectivity index (χ2v) is 5.40. The van der Waals surface area contributed by atoms with Gasteiger partial charge in [0.05, 0.1) is 0 Å². The minimum atomic E-state index is -0.291. The maximum absolute atomic E-state index is 11.5. The molecule has 0 atom stereocenters. The SMILES string of the molecule is CCCCCCCCCCC=CC(=O)Oc1ccccc1. The third kappa shape index (κ3) is 9.89. The predicted molar refractivity (Wildman–Crippen MR) is 88.4 cm³/mol. The van der Waals surface area contributed by atoms with Crippen LogP contribution in [0.25, 0.3) is 0 Å². The van der Waals surface area contributed by atoms with E-state index in [1.165, 1.54) is 51.0 Å². The summed E-state index contributed by atoms with van der Waals surface area (Å²) in [6, 6.07) is 9.17. The molecule has 0 saturated heterocycles. The van der Waals surface area contributed by atoms with Crippen molar-refractivity contribution in [3.8, 4) is 5.75 Å². The molecule has 1 rings (SSSR count). The molecule has 0 aliphatic rings. The molecule has 0 saturated carbocycles. The van der Waals surface area contributed by atoms with Gasteiger partial charge in [0, 0.05) is 6.08 Å². The number of hydrogen-bond donors (Lipinski definition) is 0. The van der Waals surface area contributed by atoms with Gasteiger partial charge in [0.15, 0.2) is 0 Å². The van der Waals surface area contributed by atoms with Gasteiger partial charge in [0.1, 0.15) is 5.75 Å². The summed E-state index contributed by atoms with van der Waals surface area (Å²) in [6.45, 7) is 2.25. The Hall–Kier alpha value is -1.57. The Morgan fingerprint density at radius 1 is 0.952 bits per heavy atom. The first-order chi connectivity index (χ1) is 10.3. The highest BCUT2D eigenvalue weighted by Crippen LogP contribution is 2.10. The number of allylic oxidation sites excluding steroid dienone is 1. The van der Waals surface area contributed by atoms with Crippen LogP contribution < -0.4 is 4.74 Å². The Balaban J connectivity index is 1.98. The van der Waals surface area contributed by atoms with Gasteiger partial charge in [-0.1, -0.05) is 76.1 Å². The smallest absolute Gasteiger partial charge is 0.335 e. The molecule has 0 aliphatic heterocycles. The third-order valence-corrected chi connectivity index (χ3v) is 3.44. The number of benzene rings is 1. The van der Waals surface area contributed by atoms with Crippen LogP contribution in [0.5, 0.6) is 5.75 Å². The average Bonchev–Trinajstić information content (AvgIpc) is 2.50. The molecular weight excluding hydrogens is 260 g/mol. The summed E-state index contributed by atoms with van der Waals surface area (Å²) < 4.78 is 5.17. The van der Waals surface area contributed by atoms with Crippen LogP contribution in [-0.2, 0) is 4.79 Å². The second-order valence-electron chi connectivity index (χ2n) is 5.40. The van der Waals surface area contributed by atoms with E-state index in [0.717, 1.165) is 12.8 Å². The monoisotopic (exact) mass is 288 g/mol. The Morgan fingerprint density at radius 3 is 2.24 bits per heavy atom. The number of hydrogen-bond acceptors (Lipinski definition) is 2. The fourth-order valence-corrected chi connectivity index (χ4v) is 2.21. The van der Waals surface area contributed by atoms with E-state index in [1.54, 1.807) is 12.1 Å². The molecule has 0 amide bonds. The lowest BCUT2D eigenvalue weighted by Crippen LogP contribution is -2.03. The number of unbranched alkanes of at least 4 members (excludes halogenated alkanes) is 8. The molecule has 0 fully saturated rings. The molecule has 0 radical (unpaired) electrons. The van der Waals surface area contributed by atoms with Gasteiger partial charge >= 0.3 is 5.97 Å². The lowest BCUT2D eigenvalue weighted by atomic mass is 10.1. The van der Waals surface area contributed by atoms with Crippen molar-refractivity contribution in [2.75, 3.05) is 0 Å². The van der Waals surface area contributed by atoms with Crippen molar-refractivity contribution in [2.24, 2.45) is 0 Å². The van der Waals surface area contributed by atoms with Crippen LogP contribution in [0, 0.1) is 0 Å². The summed E-state index contributed by atoms with van der Waals surface area (Å²) in [5.41, 5.74) is 0. The van der Waals surface area contributed by atoms with Crippen molar-refractivity contribution in [1.82, 2.24) is 0 Å². The molecule has 1 aromatic carbocycles. The van der Waals surface area contributed by atoms with Crippen molar-refractivity contribution >= 4 is 5.97 Å². The highest BCUT2D eigenvalue weighted by Gasteiger charge is 1.98. The number of esters is 1. The summed E-state index contributed by atoms with van der Waals surface area (Å²) in [6.07, 6.45) is 14.9. The summed E-state index contributed by atoms with van der Waals surface area (Å²) in [7, 11) is 0. The van der Waals surface area contributed by atoms with Gasteiger partial charge in [0.25, 0.3) is 0 Å². The lowest BCUT2D eigenvalue weighted by Gasteiger charge is -2.00. The maximum Gasteiger partial charge on any atom is 0.335 e. The first-order valence-electron chi connectivity index (χ1n) is 8.26. The van der Waals surface area contributed by atoms with Crippen LogP contribution in [0.1, 0.15) is 64.7 Å². The second kappa shape index (κ2) is 12.2. The minimum absolute atomic E-state index is 0.291. The fourth-order valence-electron chi connectivity index (χ4n) is 2.21. The van der Waals surface area contributed by atoms with Gasteiger partial charge < -0.3 is 4.74 Å². The molecule has 0 unspecified atom stereocenters. The standard InChI is InChI=1S/C19H28O2/c1-2-3-4-5-6-7-8-9-10-14-17-19(20)21-18-15-12-11-13-16-18/h11-17H,2-10H2,1H3. The molecule has 116 valence electrons. The van der Waals surface area contributed by atoms with E-state index in [0.29, 0.717) is 5.75 Å². The molecule has 1 aromatic rings. The van der Waals surface area contributed by atoms with E-state index < -0.39 is 0 Å². The van der Waals surface area contributed by atoms with Gasteiger partial charge in [-0.25, -0.2) is 4.79 Å². The van der Waals surface area contributed by atoms with Crippen molar-refractivity contribution in [2.45, 2.75) is 64.7 Å². The van der Waals surface area contributed by atoms with Crippen LogP contribution in [0.2, 0.25) is 0 Å². The van der Waals surface area contributed by atoms with Crippen molar-refractivity contribution < 1.29 is 9.53 Å². The molecule has 0 aliphatic carbocycles. The van der Waals surface area contributed by atoms with Gasteiger partial charge in [-0.3, -0.25) is 0 Å². The van der Waals surface area contributed by atoms with E-state index in [2.05, 4.69) is 6.92 Å². The summed E-state index contributed by atoms with van der Waals surface area (Å²) >= 11 is 0. The maximum atomic E-state index is 11.5. The number of ether oxygens (including phenoxy) is 1. The zero-order chi connectivity index (χ0) is 15.2. The Morgan fingerprint density at radius 2 is 1.57 bits per heavy atom. The molecule has 2 heteroatoms. The highest BCUT2D eigenvalue weighted by molar-refractivity contribution is 5.83. The van der Waals surface area contributed by atoms with Crippen LogP contribution in [0.4, 0.5) is 0 Å². The van der Waals surface area contributed by atoms with Gasteiger partial charge in [-0.15, -0.1) is 0 Å². The lowest BCUT2D eigenvalue weighted by molar-refractivity contribution is -0.129. The van der Waals surface area contributed by atoms with E-state index in [9.17, 15) is 4.79 Å². The highest BCUT2D eigenvalue weighted by atomic mass is 16.5. The zero-order valence-electron chi connectivity index (χ0n) is 13.2. The molecule has 0 aromatic heterocycles. The summed E-state index contributed by atoms with van der Waals surface area (Å²) in [5.74, 6) is 0.306. The normalized spacial score (nSPS) is 10.9. The quantitative estimate of drug-likeness (QED) is 0.227. The van der Waals surface area contributed by atoms with E-state index >= 15 is 0 Å². The van der Waals surface area contributed by atoms with E-state index in [1.807, 2.05) is 24.3 Å². The first-order valence-corrected chi connectivity index (χ1v) is 8.26. The number of carbonyl (C=O) groups is 1. The van der Waals surface area contributed by atoms with Gasteiger partial charge in [-0.2, -0.15) is 0 Å². The summed E-state index contributed by atoms with van der Waals surface area (Å²) in [5, 5.41) is 0. The molecule has 0 spiro atoms. The van der Waals surface area contributed by atoms with Crippen molar-refractivity contribution in [1.29, 1.82) is 0 Å². The Kier molecular flexibility index (Phi) is 10.1. The Bertz CT molecular complexity index is 395. The zero-order valence-corrected chi connectivity index (χ0v) is 13.2. The molecule has 2 nitrogen and oxygen atoms in total. The Labute approximate surface area is 129 Å². The van der Waals surface area contributed by atoms with Crippen LogP contribution >= 0.6 is 0 Å². The average molecular weight is 288 g/mol. The first kappa shape index (κ1) is 17.5. The van der Waals surface area contributed by atoms with Crippen molar-refractivity contribution in [3.63, 3.8) is 0 Å². The number of para-hydroxylation sites is 1. The van der Waals surface area contributed by atoms with Crippen molar-refractivity contribution in [3.05, 3.63) is 42.5 Å². The number of rotatable bonds is 11. The molecule has 0 N–H and O–H groups in total. The van der Waals surface area contributed by atoms with Crippen LogP contribution in [0.3, 0.4) is 0 Å². The van der Waals surface area contributed by atoms with Crippen LogP contribution in [-0.4, -0.2) is 5.97 Å². The minimum Gasteiger partial charge on any atom is -0.423 e. The molecule has 0 bridgehead atoms. The predicted octanol–water partition coefficient (Wildman–Crippen LogP) is 5.68. The van der Waals surface area contributed by atoms with Gasteiger partial charge in [0.2, 0.25) is 0 Å². The summed E-state index contributed by atoms with van der Waals surface area (Å²) in [4.78, 5) is 11.5. The molecular formula is C19H28O2. The topological polar surface area (TPSA) is 26.3 Å². The molecule has 0 heterocycles. The van der Waals surface area contributed by atoms with E-state index in [-0.39, 0.29) is 5.97 Å². The fraction of sp³-hybridized carbons (Fsp3) is 0.526. The van der Waals surface area contributed by atoms with Crippen LogP contribution in [0.15, 0.2) is 42.5 Å². The largest absolute Gasteiger partial charge is 0.423 e. The number of carbonyl (C=O) groups excluding carboxylic acids is 1. The van der Waals surface area contributed by atoms with E-state index in [4.69, 9.17) is 4.74 Å². The van der Waals surface area contributed by atoms with Gasteiger partial charge in [-0.05, 0) is 25.0 Å². The third-order valence-electron chi connectivity index (χ3n) is 3.44. The molecule has 21 heavy (non-hydrogen) atoms.